The van der Waals surface area contributed by atoms with Gasteiger partial charge in [0, 0.05) is 18.3 Å². The number of esters is 1. The zero-order chi connectivity index (χ0) is 20.9. The van der Waals surface area contributed by atoms with E-state index in [1.807, 2.05) is 24.3 Å². The summed E-state index contributed by atoms with van der Waals surface area (Å²) in [5.74, 6) is -0.595. The molecule has 0 saturated carbocycles. The molecule has 2 aromatic carbocycles. The summed E-state index contributed by atoms with van der Waals surface area (Å²) in [6.45, 7) is 2.10. The molecule has 1 aliphatic rings. The predicted octanol–water partition coefficient (Wildman–Crippen LogP) is 4.22. The molecule has 0 bridgehead atoms. The maximum absolute atomic E-state index is 12.6. The third kappa shape index (κ3) is 3.89. The minimum Gasteiger partial charge on any atom is -0.464 e. The zero-order valence-corrected chi connectivity index (χ0v) is 16.6. The number of amides is 1. The minimum atomic E-state index is -0.955. The van der Waals surface area contributed by atoms with Gasteiger partial charge in [-0.05, 0) is 46.9 Å². The van der Waals surface area contributed by atoms with E-state index in [2.05, 4.69) is 34.6 Å². The molecule has 0 aliphatic heterocycles. The van der Waals surface area contributed by atoms with Crippen LogP contribution in [0.5, 0.6) is 0 Å². The number of hydrogen-bond acceptors (Lipinski definition) is 5. The molecule has 0 spiro atoms. The first-order valence-electron chi connectivity index (χ1n) is 9.87. The number of nitrogens with one attached hydrogen (secondary N) is 1. The molecule has 30 heavy (non-hydrogen) atoms. The Balaban J connectivity index is 1.48. The number of pyridine rings is 1. The lowest BCUT2D eigenvalue weighted by atomic mass is 9.98. The lowest BCUT2D eigenvalue weighted by Gasteiger charge is -2.19. The van der Waals surface area contributed by atoms with Crippen LogP contribution in [0.25, 0.3) is 11.1 Å². The summed E-state index contributed by atoms with van der Waals surface area (Å²) < 4.78 is 10.6. The van der Waals surface area contributed by atoms with Crippen LogP contribution in [0.4, 0.5) is 4.79 Å². The third-order valence-corrected chi connectivity index (χ3v) is 5.17. The van der Waals surface area contributed by atoms with Crippen molar-refractivity contribution in [1.29, 1.82) is 0 Å². The van der Waals surface area contributed by atoms with E-state index in [0.717, 1.165) is 22.3 Å². The fraction of sp³-hybridized carbons (Fsp3) is 0.208. The molecule has 3 aromatic rings. The summed E-state index contributed by atoms with van der Waals surface area (Å²) in [7, 11) is 0. The average molecular weight is 402 g/mol. The van der Waals surface area contributed by atoms with Crippen molar-refractivity contribution in [2.24, 2.45) is 0 Å². The highest BCUT2D eigenvalue weighted by molar-refractivity contribution is 5.83. The summed E-state index contributed by atoms with van der Waals surface area (Å²) in [6, 6.07) is 18.6. The van der Waals surface area contributed by atoms with Crippen molar-refractivity contribution in [3.8, 4) is 11.1 Å². The van der Waals surface area contributed by atoms with Crippen LogP contribution in [0.2, 0.25) is 0 Å². The summed E-state index contributed by atoms with van der Waals surface area (Å²) in [5, 5.41) is 2.63. The van der Waals surface area contributed by atoms with Crippen molar-refractivity contribution < 1.29 is 19.1 Å². The number of aromatic nitrogens is 1. The van der Waals surface area contributed by atoms with E-state index in [1.165, 1.54) is 0 Å². The first kappa shape index (κ1) is 19.6. The molecule has 0 fully saturated rings. The topological polar surface area (TPSA) is 77.5 Å². The fourth-order valence-corrected chi connectivity index (χ4v) is 3.82. The Hall–Kier alpha value is -3.67. The predicted molar refractivity (Wildman–Crippen MR) is 112 cm³/mol. The van der Waals surface area contributed by atoms with Gasteiger partial charge in [-0.3, -0.25) is 4.98 Å². The molecule has 152 valence electrons. The van der Waals surface area contributed by atoms with Crippen LogP contribution in [-0.4, -0.2) is 30.3 Å². The molecule has 1 heterocycles. The minimum absolute atomic E-state index is 0.0508. The first-order chi connectivity index (χ1) is 14.7. The number of hydrogen-bond donors (Lipinski definition) is 1. The maximum atomic E-state index is 12.6. The van der Waals surface area contributed by atoms with Gasteiger partial charge in [-0.25, -0.2) is 9.59 Å². The molecule has 6 nitrogen and oxygen atoms in total. The van der Waals surface area contributed by atoms with Gasteiger partial charge >= 0.3 is 12.1 Å². The van der Waals surface area contributed by atoms with Crippen LogP contribution >= 0.6 is 0 Å². The number of carbonyl (C=O) groups is 2. The molecule has 1 amide bonds. The molecular formula is C24H22N2O4. The van der Waals surface area contributed by atoms with E-state index in [9.17, 15) is 9.59 Å². The second-order valence-electron chi connectivity index (χ2n) is 6.94. The van der Waals surface area contributed by atoms with Crippen molar-refractivity contribution in [2.75, 3.05) is 13.2 Å². The highest BCUT2D eigenvalue weighted by atomic mass is 16.6. The van der Waals surface area contributed by atoms with Gasteiger partial charge in [0.25, 0.3) is 0 Å². The SMILES string of the molecule is CCOC(=O)C(NC(=O)OCC1c2ccccc2-c2ccccc21)c1ccncc1. The summed E-state index contributed by atoms with van der Waals surface area (Å²) in [6.07, 6.45) is 2.44. The van der Waals surface area contributed by atoms with E-state index in [1.54, 1.807) is 31.5 Å². The Bertz CT molecular complexity index is 1010. The average Bonchev–Trinajstić information content (AvgIpc) is 3.10. The Morgan fingerprint density at radius 3 is 2.13 bits per heavy atom. The molecule has 4 rings (SSSR count). The monoisotopic (exact) mass is 402 g/mol. The summed E-state index contributed by atoms with van der Waals surface area (Å²) in [5.41, 5.74) is 5.15. The Kier molecular flexibility index (Phi) is 5.75. The highest BCUT2D eigenvalue weighted by Gasteiger charge is 2.30. The normalized spacial score (nSPS) is 13.1. The van der Waals surface area contributed by atoms with E-state index in [-0.39, 0.29) is 19.1 Å². The fourth-order valence-electron chi connectivity index (χ4n) is 3.82. The van der Waals surface area contributed by atoms with Crippen LogP contribution in [0.15, 0.2) is 73.1 Å². The highest BCUT2D eigenvalue weighted by Crippen LogP contribution is 2.44. The molecule has 1 aliphatic carbocycles. The van der Waals surface area contributed by atoms with Gasteiger partial charge in [0.2, 0.25) is 0 Å². The molecule has 1 unspecified atom stereocenters. The van der Waals surface area contributed by atoms with Crippen LogP contribution in [0.3, 0.4) is 0 Å². The van der Waals surface area contributed by atoms with Gasteiger partial charge in [-0.15, -0.1) is 0 Å². The van der Waals surface area contributed by atoms with Gasteiger partial charge in [0.05, 0.1) is 6.61 Å². The molecule has 0 radical (unpaired) electrons. The van der Waals surface area contributed by atoms with Gasteiger partial charge in [0.1, 0.15) is 6.61 Å². The van der Waals surface area contributed by atoms with Gasteiger partial charge < -0.3 is 14.8 Å². The van der Waals surface area contributed by atoms with Crippen molar-refractivity contribution in [1.82, 2.24) is 10.3 Å². The number of ether oxygens (including phenoxy) is 2. The summed E-state index contributed by atoms with van der Waals surface area (Å²) in [4.78, 5) is 28.9. The van der Waals surface area contributed by atoms with E-state index in [0.29, 0.717) is 5.56 Å². The van der Waals surface area contributed by atoms with Crippen LogP contribution in [0.1, 0.15) is 35.6 Å². The Labute approximate surface area is 174 Å². The number of alkyl carbamates (subject to hydrolysis) is 1. The number of fused-ring (bicyclic) bond motifs is 3. The van der Waals surface area contributed by atoms with E-state index >= 15 is 0 Å². The van der Waals surface area contributed by atoms with Gasteiger partial charge in [-0.2, -0.15) is 0 Å². The lowest BCUT2D eigenvalue weighted by molar-refractivity contribution is -0.145. The zero-order valence-electron chi connectivity index (χ0n) is 16.6. The number of nitrogens with zero attached hydrogens (tertiary/aromatic N) is 1. The lowest BCUT2D eigenvalue weighted by Crippen LogP contribution is -2.36. The van der Waals surface area contributed by atoms with Crippen LogP contribution in [-0.2, 0) is 14.3 Å². The van der Waals surface area contributed by atoms with Crippen molar-refractivity contribution in [3.63, 3.8) is 0 Å². The Morgan fingerprint density at radius 1 is 0.933 bits per heavy atom. The third-order valence-electron chi connectivity index (χ3n) is 5.17. The second kappa shape index (κ2) is 8.78. The van der Waals surface area contributed by atoms with Gasteiger partial charge in [-0.1, -0.05) is 48.5 Å². The maximum Gasteiger partial charge on any atom is 0.408 e. The molecule has 1 N–H and O–H groups in total. The Morgan fingerprint density at radius 2 is 1.53 bits per heavy atom. The quantitative estimate of drug-likeness (QED) is 0.625. The van der Waals surface area contributed by atoms with Crippen molar-refractivity contribution >= 4 is 12.1 Å². The van der Waals surface area contributed by atoms with E-state index < -0.39 is 18.1 Å². The number of rotatable bonds is 6. The number of benzene rings is 2. The largest absolute Gasteiger partial charge is 0.464 e. The van der Waals surface area contributed by atoms with Crippen LogP contribution < -0.4 is 5.32 Å². The number of carbonyl (C=O) groups excluding carboxylic acids is 2. The molecular weight excluding hydrogens is 380 g/mol. The molecule has 1 atom stereocenters. The first-order valence-corrected chi connectivity index (χ1v) is 9.87. The van der Waals surface area contributed by atoms with Crippen LogP contribution in [0, 0.1) is 0 Å². The standard InChI is InChI=1S/C24H22N2O4/c1-2-29-23(27)22(16-11-13-25-14-12-16)26-24(28)30-15-21-19-9-5-3-7-17(19)18-8-4-6-10-20(18)21/h3-14,21-22H,2,15H2,1H3,(H,26,28). The van der Waals surface area contributed by atoms with Gasteiger partial charge in [0.15, 0.2) is 6.04 Å². The molecule has 1 aromatic heterocycles. The summed E-state index contributed by atoms with van der Waals surface area (Å²) >= 11 is 0. The van der Waals surface area contributed by atoms with E-state index in [4.69, 9.17) is 9.47 Å². The van der Waals surface area contributed by atoms with Crippen molar-refractivity contribution in [2.45, 2.75) is 18.9 Å². The molecule has 6 heteroatoms. The van der Waals surface area contributed by atoms with Crippen molar-refractivity contribution in [3.05, 3.63) is 89.7 Å². The molecule has 0 saturated heterocycles. The smallest absolute Gasteiger partial charge is 0.408 e. The second-order valence-corrected chi connectivity index (χ2v) is 6.94.